The van der Waals surface area contributed by atoms with Crippen LogP contribution in [0.1, 0.15) is 44.3 Å². The number of aryl methyl sites for hydroxylation is 1. The van der Waals surface area contributed by atoms with Crippen molar-refractivity contribution in [2.24, 2.45) is 12.9 Å². The van der Waals surface area contributed by atoms with E-state index in [2.05, 4.69) is 10.4 Å². The monoisotopic (exact) mass is 266 g/mol. The average Bonchev–Trinajstić information content (AvgIpc) is 2.68. The summed E-state index contributed by atoms with van der Waals surface area (Å²) in [6, 6.07) is 0.108. The molecule has 3 N–H and O–H groups in total. The Bertz CT molecular complexity index is 383. The van der Waals surface area contributed by atoms with E-state index in [4.69, 9.17) is 10.6 Å². The normalized spacial score (nSPS) is 21.0. The van der Waals surface area contributed by atoms with E-state index < -0.39 is 0 Å². The third-order valence-electron chi connectivity index (χ3n) is 4.50. The lowest BCUT2D eigenvalue weighted by Gasteiger charge is -2.38. The Kier molecular flexibility index (Phi) is 4.96. The van der Waals surface area contributed by atoms with Gasteiger partial charge in [-0.3, -0.25) is 11.3 Å². The van der Waals surface area contributed by atoms with Crippen LogP contribution in [0.5, 0.6) is 0 Å². The molecule has 1 saturated carbocycles. The number of imidazole rings is 1. The van der Waals surface area contributed by atoms with Crippen LogP contribution in [-0.2, 0) is 18.2 Å². The molecule has 1 fully saturated rings. The maximum atomic E-state index is 5.92. The molecule has 1 unspecified atom stereocenters. The van der Waals surface area contributed by atoms with E-state index in [-0.39, 0.29) is 11.6 Å². The molecule has 2 rings (SSSR count). The summed E-state index contributed by atoms with van der Waals surface area (Å²) in [6.45, 7) is 0. The second kappa shape index (κ2) is 6.50. The van der Waals surface area contributed by atoms with Gasteiger partial charge in [0.05, 0.1) is 11.6 Å². The molecule has 5 heteroatoms. The smallest absolute Gasteiger partial charge is 0.110 e. The summed E-state index contributed by atoms with van der Waals surface area (Å²) >= 11 is 0. The molecule has 1 aromatic rings. The molecule has 1 atom stereocenters. The summed E-state index contributed by atoms with van der Waals surface area (Å²) < 4.78 is 7.97. The number of ether oxygens (including phenoxy) is 1. The summed E-state index contributed by atoms with van der Waals surface area (Å²) in [5.41, 5.74) is 2.82. The summed E-state index contributed by atoms with van der Waals surface area (Å²) in [5, 5.41) is 0. The van der Waals surface area contributed by atoms with Gasteiger partial charge in [0.25, 0.3) is 0 Å². The van der Waals surface area contributed by atoms with Gasteiger partial charge < -0.3 is 9.30 Å². The maximum absolute atomic E-state index is 5.92. The molecule has 0 saturated heterocycles. The SMILES string of the molecule is COC1(C(Cc2nccn2C)NN)CCCCCC1. The first kappa shape index (κ1) is 14.5. The third kappa shape index (κ3) is 3.16. The number of hydrazine groups is 1. The molecule has 1 aliphatic carbocycles. The van der Waals surface area contributed by atoms with Crippen LogP contribution < -0.4 is 11.3 Å². The first-order chi connectivity index (χ1) is 9.22. The lowest BCUT2D eigenvalue weighted by atomic mass is 9.84. The van der Waals surface area contributed by atoms with Crippen LogP contribution in [0.2, 0.25) is 0 Å². The largest absolute Gasteiger partial charge is 0.377 e. The molecule has 1 aromatic heterocycles. The van der Waals surface area contributed by atoms with Gasteiger partial charge in [-0.1, -0.05) is 25.7 Å². The molecule has 0 aliphatic heterocycles. The molecule has 0 amide bonds. The highest BCUT2D eigenvalue weighted by Crippen LogP contribution is 2.33. The summed E-state index contributed by atoms with van der Waals surface area (Å²) in [7, 11) is 3.83. The second-order valence-electron chi connectivity index (χ2n) is 5.56. The minimum Gasteiger partial charge on any atom is -0.377 e. The molecule has 1 heterocycles. The van der Waals surface area contributed by atoms with Gasteiger partial charge in [-0.05, 0) is 12.8 Å². The lowest BCUT2D eigenvalue weighted by molar-refractivity contribution is -0.0532. The molecular weight excluding hydrogens is 240 g/mol. The zero-order valence-corrected chi connectivity index (χ0v) is 12.1. The maximum Gasteiger partial charge on any atom is 0.110 e. The minimum atomic E-state index is -0.156. The molecule has 0 radical (unpaired) electrons. The topological polar surface area (TPSA) is 65.1 Å². The first-order valence-corrected chi connectivity index (χ1v) is 7.19. The average molecular weight is 266 g/mol. The summed E-state index contributed by atoms with van der Waals surface area (Å²) in [6.07, 6.45) is 11.8. The number of nitrogens with one attached hydrogen (secondary N) is 1. The molecule has 108 valence electrons. The van der Waals surface area contributed by atoms with E-state index >= 15 is 0 Å². The predicted molar refractivity (Wildman–Crippen MR) is 75.5 cm³/mol. The predicted octanol–water partition coefficient (Wildman–Crippen LogP) is 1.53. The van der Waals surface area contributed by atoms with E-state index in [9.17, 15) is 0 Å². The number of nitrogens with two attached hydrogens (primary N) is 1. The van der Waals surface area contributed by atoms with E-state index in [1.165, 1.54) is 25.7 Å². The summed E-state index contributed by atoms with van der Waals surface area (Å²) in [4.78, 5) is 4.40. The fourth-order valence-corrected chi connectivity index (χ4v) is 3.19. The fourth-order valence-electron chi connectivity index (χ4n) is 3.19. The Labute approximate surface area is 115 Å². The van der Waals surface area contributed by atoms with Crippen molar-refractivity contribution in [2.45, 2.75) is 56.6 Å². The van der Waals surface area contributed by atoms with Crippen molar-refractivity contribution in [1.82, 2.24) is 15.0 Å². The molecular formula is C14H26N4O. The van der Waals surface area contributed by atoms with E-state index in [1.807, 2.05) is 31.1 Å². The van der Waals surface area contributed by atoms with Crippen LogP contribution in [0.15, 0.2) is 12.4 Å². The molecule has 0 bridgehead atoms. The van der Waals surface area contributed by atoms with Crippen molar-refractivity contribution in [2.75, 3.05) is 7.11 Å². The number of hydrogen-bond donors (Lipinski definition) is 2. The number of rotatable bonds is 5. The Hall–Kier alpha value is -0.910. The van der Waals surface area contributed by atoms with Gasteiger partial charge in [-0.25, -0.2) is 4.98 Å². The number of aromatic nitrogens is 2. The fraction of sp³-hybridized carbons (Fsp3) is 0.786. The van der Waals surface area contributed by atoms with Crippen LogP contribution in [0.4, 0.5) is 0 Å². The standard InChI is InChI=1S/C14H26N4O/c1-18-10-9-16-13(18)11-12(17-15)14(19-2)7-5-3-4-6-8-14/h9-10,12,17H,3-8,11,15H2,1-2H3. The molecule has 0 spiro atoms. The molecule has 0 aromatic carbocycles. The highest BCUT2D eigenvalue weighted by atomic mass is 16.5. The second-order valence-corrected chi connectivity index (χ2v) is 5.56. The van der Waals surface area contributed by atoms with Gasteiger partial charge in [-0.15, -0.1) is 0 Å². The van der Waals surface area contributed by atoms with Crippen molar-refractivity contribution < 1.29 is 4.74 Å². The Balaban J connectivity index is 2.15. The highest BCUT2D eigenvalue weighted by Gasteiger charge is 2.39. The van der Waals surface area contributed by atoms with E-state index in [0.29, 0.717) is 0 Å². The van der Waals surface area contributed by atoms with Crippen LogP contribution in [0.25, 0.3) is 0 Å². The summed E-state index contributed by atoms with van der Waals surface area (Å²) in [5.74, 6) is 6.86. The Morgan fingerprint density at radius 1 is 1.42 bits per heavy atom. The quantitative estimate of drug-likeness (QED) is 0.482. The van der Waals surface area contributed by atoms with Gasteiger partial charge >= 0.3 is 0 Å². The molecule has 19 heavy (non-hydrogen) atoms. The minimum absolute atomic E-state index is 0.108. The van der Waals surface area contributed by atoms with Gasteiger partial charge in [0.15, 0.2) is 0 Å². The van der Waals surface area contributed by atoms with Gasteiger partial charge in [-0.2, -0.15) is 0 Å². The first-order valence-electron chi connectivity index (χ1n) is 7.19. The Morgan fingerprint density at radius 3 is 2.58 bits per heavy atom. The van der Waals surface area contributed by atoms with Gasteiger partial charge in [0.1, 0.15) is 5.82 Å². The zero-order chi connectivity index (χ0) is 13.7. The van der Waals surface area contributed by atoms with Crippen molar-refractivity contribution in [3.05, 3.63) is 18.2 Å². The lowest BCUT2D eigenvalue weighted by Crippen LogP contribution is -2.55. The highest BCUT2D eigenvalue weighted by molar-refractivity contribution is 5.02. The van der Waals surface area contributed by atoms with Crippen molar-refractivity contribution in [3.63, 3.8) is 0 Å². The van der Waals surface area contributed by atoms with Crippen molar-refractivity contribution in [3.8, 4) is 0 Å². The Morgan fingerprint density at radius 2 is 2.11 bits per heavy atom. The molecule has 5 nitrogen and oxygen atoms in total. The van der Waals surface area contributed by atoms with Crippen LogP contribution in [0.3, 0.4) is 0 Å². The van der Waals surface area contributed by atoms with Crippen LogP contribution in [-0.4, -0.2) is 28.3 Å². The number of nitrogens with zero attached hydrogens (tertiary/aromatic N) is 2. The van der Waals surface area contributed by atoms with Gasteiger partial charge in [0.2, 0.25) is 0 Å². The van der Waals surface area contributed by atoms with Crippen LogP contribution >= 0.6 is 0 Å². The third-order valence-corrected chi connectivity index (χ3v) is 4.50. The van der Waals surface area contributed by atoms with E-state index in [0.717, 1.165) is 25.1 Å². The van der Waals surface area contributed by atoms with Crippen molar-refractivity contribution >= 4 is 0 Å². The van der Waals surface area contributed by atoms with E-state index in [1.54, 1.807) is 0 Å². The number of methoxy groups -OCH3 is 1. The van der Waals surface area contributed by atoms with Crippen LogP contribution in [0, 0.1) is 0 Å². The van der Waals surface area contributed by atoms with Crippen molar-refractivity contribution in [1.29, 1.82) is 0 Å². The molecule has 1 aliphatic rings. The number of hydrogen-bond acceptors (Lipinski definition) is 4. The van der Waals surface area contributed by atoms with Gasteiger partial charge in [0, 0.05) is 33.0 Å². The zero-order valence-electron chi connectivity index (χ0n) is 12.1.